The summed E-state index contributed by atoms with van der Waals surface area (Å²) in [5, 5.41) is 9.62. The second kappa shape index (κ2) is 46.5. The lowest BCUT2D eigenvalue weighted by Crippen LogP contribution is -2.27. The highest BCUT2D eigenvalue weighted by molar-refractivity contribution is 5.69. The van der Waals surface area contributed by atoms with Crippen molar-refractivity contribution in [2.75, 3.05) is 19.8 Å². The molecule has 310 valence electrons. The molecule has 0 aromatic carbocycles. The van der Waals surface area contributed by atoms with Crippen LogP contribution in [0.15, 0.2) is 48.6 Å². The maximum Gasteiger partial charge on any atom is 0.306 e. The first-order valence-corrected chi connectivity index (χ1v) is 23.2. The van der Waals surface area contributed by atoms with Gasteiger partial charge in [0.1, 0.15) is 6.10 Å². The molecular formula is C49H90O4. The van der Waals surface area contributed by atoms with E-state index in [0.29, 0.717) is 19.6 Å². The molecule has 0 rings (SSSR count). The predicted molar refractivity (Wildman–Crippen MR) is 233 cm³/mol. The Balaban J connectivity index is 3.39. The van der Waals surface area contributed by atoms with Gasteiger partial charge in [0, 0.05) is 13.0 Å². The summed E-state index contributed by atoms with van der Waals surface area (Å²) in [6.07, 6.45) is 60.4. The SMILES string of the molecule is CC/C=C\C/C=C\C/C=C\C/C=C\CCCCCCCCCCCCCCCOCC(CO)OC(=O)CCCCCCCCCCCCCCCCC. The van der Waals surface area contributed by atoms with Gasteiger partial charge in [-0.05, 0) is 51.4 Å². The van der Waals surface area contributed by atoms with Crippen LogP contribution in [-0.4, -0.2) is 37.0 Å². The number of hydrogen-bond acceptors (Lipinski definition) is 4. The van der Waals surface area contributed by atoms with E-state index < -0.39 is 6.10 Å². The molecular weight excluding hydrogens is 653 g/mol. The summed E-state index contributed by atoms with van der Waals surface area (Å²) < 4.78 is 11.2. The standard InChI is InChI=1S/C49H90O4/c1-3-5-7-9-11-13-15-17-19-20-21-22-23-24-25-26-27-28-29-31-33-35-37-39-41-43-45-52-47-48(46-50)53-49(51)44-42-40-38-36-34-32-30-18-16-14-12-10-8-6-4-2/h5,7,11,13,17,19,21-22,48,50H,3-4,6,8-10,12,14-16,18,20,23-47H2,1-2H3/b7-5-,13-11-,19-17-,22-21-. The Morgan fingerprint density at radius 1 is 0.472 bits per heavy atom. The molecule has 4 nitrogen and oxygen atoms in total. The Kier molecular flexibility index (Phi) is 45.1. The van der Waals surface area contributed by atoms with Crippen LogP contribution in [0.3, 0.4) is 0 Å². The fourth-order valence-corrected chi connectivity index (χ4v) is 6.73. The van der Waals surface area contributed by atoms with Crippen molar-refractivity contribution in [1.29, 1.82) is 0 Å². The highest BCUT2D eigenvalue weighted by Gasteiger charge is 2.13. The summed E-state index contributed by atoms with van der Waals surface area (Å²) in [4.78, 5) is 12.2. The first kappa shape index (κ1) is 51.4. The Morgan fingerprint density at radius 3 is 1.28 bits per heavy atom. The van der Waals surface area contributed by atoms with Gasteiger partial charge >= 0.3 is 5.97 Å². The van der Waals surface area contributed by atoms with Crippen molar-refractivity contribution in [2.45, 2.75) is 238 Å². The third-order valence-electron chi connectivity index (χ3n) is 10.2. The zero-order valence-corrected chi connectivity index (χ0v) is 35.5. The zero-order valence-electron chi connectivity index (χ0n) is 35.5. The number of carbonyl (C=O) groups is 1. The Labute approximate surface area is 331 Å². The summed E-state index contributed by atoms with van der Waals surface area (Å²) in [7, 11) is 0. The maximum atomic E-state index is 12.2. The fraction of sp³-hybridized carbons (Fsp3) is 0.816. The van der Waals surface area contributed by atoms with E-state index in [2.05, 4.69) is 62.5 Å². The molecule has 0 amide bonds. The van der Waals surface area contributed by atoms with E-state index in [-0.39, 0.29) is 12.6 Å². The molecule has 0 aliphatic heterocycles. The van der Waals surface area contributed by atoms with Crippen molar-refractivity contribution in [3.05, 3.63) is 48.6 Å². The molecule has 0 aliphatic carbocycles. The van der Waals surface area contributed by atoms with Crippen molar-refractivity contribution in [2.24, 2.45) is 0 Å². The van der Waals surface area contributed by atoms with E-state index in [1.807, 2.05) is 0 Å². The average molecular weight is 743 g/mol. The Bertz CT molecular complexity index is 828. The normalized spacial score (nSPS) is 12.7. The summed E-state index contributed by atoms with van der Waals surface area (Å²) in [6.45, 7) is 5.26. The molecule has 0 heterocycles. The smallest absolute Gasteiger partial charge is 0.306 e. The van der Waals surface area contributed by atoms with E-state index in [0.717, 1.165) is 44.9 Å². The molecule has 1 atom stereocenters. The van der Waals surface area contributed by atoms with Crippen LogP contribution in [0.1, 0.15) is 232 Å². The highest BCUT2D eigenvalue weighted by atomic mass is 16.6. The van der Waals surface area contributed by atoms with Gasteiger partial charge < -0.3 is 14.6 Å². The number of allylic oxidation sites excluding steroid dienone is 8. The van der Waals surface area contributed by atoms with E-state index in [1.165, 1.54) is 167 Å². The molecule has 0 aromatic rings. The molecule has 53 heavy (non-hydrogen) atoms. The second-order valence-electron chi connectivity index (χ2n) is 15.5. The maximum absolute atomic E-state index is 12.2. The van der Waals surface area contributed by atoms with Crippen LogP contribution < -0.4 is 0 Å². The molecule has 0 aliphatic rings. The summed E-state index contributed by atoms with van der Waals surface area (Å²) in [5.41, 5.74) is 0. The van der Waals surface area contributed by atoms with Crippen molar-refractivity contribution < 1.29 is 19.4 Å². The monoisotopic (exact) mass is 743 g/mol. The number of esters is 1. The van der Waals surface area contributed by atoms with E-state index in [9.17, 15) is 9.90 Å². The summed E-state index contributed by atoms with van der Waals surface area (Å²) in [5.74, 6) is -0.198. The van der Waals surface area contributed by atoms with Crippen LogP contribution in [-0.2, 0) is 14.3 Å². The number of rotatable bonds is 43. The van der Waals surface area contributed by atoms with Crippen molar-refractivity contribution in [3.8, 4) is 0 Å². The first-order valence-electron chi connectivity index (χ1n) is 23.2. The third kappa shape index (κ3) is 44.6. The third-order valence-corrected chi connectivity index (χ3v) is 10.2. The van der Waals surface area contributed by atoms with Gasteiger partial charge in [0.05, 0.1) is 13.2 Å². The Hall–Kier alpha value is -1.65. The lowest BCUT2D eigenvalue weighted by atomic mass is 10.0. The molecule has 1 unspecified atom stereocenters. The van der Waals surface area contributed by atoms with Crippen molar-refractivity contribution in [1.82, 2.24) is 0 Å². The van der Waals surface area contributed by atoms with Gasteiger partial charge in [-0.25, -0.2) is 0 Å². The minimum atomic E-state index is -0.532. The van der Waals surface area contributed by atoms with E-state index in [4.69, 9.17) is 9.47 Å². The van der Waals surface area contributed by atoms with Gasteiger partial charge in [0.25, 0.3) is 0 Å². The van der Waals surface area contributed by atoms with Gasteiger partial charge in [0.15, 0.2) is 0 Å². The number of ether oxygens (including phenoxy) is 2. The predicted octanol–water partition coefficient (Wildman–Crippen LogP) is 15.4. The molecule has 1 N–H and O–H groups in total. The summed E-state index contributed by atoms with van der Waals surface area (Å²) >= 11 is 0. The second-order valence-corrected chi connectivity index (χ2v) is 15.5. The van der Waals surface area contributed by atoms with Crippen LogP contribution in [0.5, 0.6) is 0 Å². The highest BCUT2D eigenvalue weighted by Crippen LogP contribution is 2.15. The molecule has 0 bridgehead atoms. The lowest BCUT2D eigenvalue weighted by molar-refractivity contribution is -0.154. The minimum Gasteiger partial charge on any atom is -0.457 e. The topological polar surface area (TPSA) is 55.8 Å². The molecule has 4 heteroatoms. The van der Waals surface area contributed by atoms with Gasteiger partial charge in [-0.3, -0.25) is 4.79 Å². The molecule has 0 fully saturated rings. The largest absolute Gasteiger partial charge is 0.457 e. The molecule has 0 radical (unpaired) electrons. The first-order chi connectivity index (χ1) is 26.2. The number of hydrogen-bond donors (Lipinski definition) is 1. The fourth-order valence-electron chi connectivity index (χ4n) is 6.73. The van der Waals surface area contributed by atoms with Gasteiger partial charge in [-0.1, -0.05) is 223 Å². The minimum absolute atomic E-state index is 0.169. The van der Waals surface area contributed by atoms with Crippen LogP contribution >= 0.6 is 0 Å². The number of unbranched alkanes of at least 4 members (excludes halogenated alkanes) is 27. The number of carbonyl (C=O) groups excluding carboxylic acids is 1. The molecule has 0 saturated heterocycles. The van der Waals surface area contributed by atoms with Gasteiger partial charge in [-0.2, -0.15) is 0 Å². The molecule has 0 aromatic heterocycles. The number of aliphatic hydroxyl groups excluding tert-OH is 1. The Morgan fingerprint density at radius 2 is 0.849 bits per heavy atom. The van der Waals surface area contributed by atoms with Crippen molar-refractivity contribution >= 4 is 5.97 Å². The van der Waals surface area contributed by atoms with Crippen LogP contribution in [0.4, 0.5) is 0 Å². The van der Waals surface area contributed by atoms with E-state index >= 15 is 0 Å². The van der Waals surface area contributed by atoms with Gasteiger partial charge in [-0.15, -0.1) is 0 Å². The van der Waals surface area contributed by atoms with E-state index in [1.54, 1.807) is 0 Å². The molecule has 0 saturated carbocycles. The van der Waals surface area contributed by atoms with Crippen molar-refractivity contribution in [3.63, 3.8) is 0 Å². The molecule has 0 spiro atoms. The van der Waals surface area contributed by atoms with Crippen LogP contribution in [0, 0.1) is 0 Å². The lowest BCUT2D eigenvalue weighted by Gasteiger charge is -2.16. The average Bonchev–Trinajstić information content (AvgIpc) is 3.16. The quantitative estimate of drug-likeness (QED) is 0.0384. The number of aliphatic hydroxyl groups is 1. The zero-order chi connectivity index (χ0) is 38.4. The summed E-state index contributed by atoms with van der Waals surface area (Å²) in [6, 6.07) is 0. The van der Waals surface area contributed by atoms with Crippen LogP contribution in [0.2, 0.25) is 0 Å². The van der Waals surface area contributed by atoms with Crippen LogP contribution in [0.25, 0.3) is 0 Å². The van der Waals surface area contributed by atoms with Gasteiger partial charge in [0.2, 0.25) is 0 Å².